The van der Waals surface area contributed by atoms with E-state index in [4.69, 9.17) is 14.0 Å². The summed E-state index contributed by atoms with van der Waals surface area (Å²) in [6.07, 6.45) is 1.69. The van der Waals surface area contributed by atoms with E-state index >= 15 is 0 Å². The number of nitrogens with zero attached hydrogens (tertiary/aromatic N) is 3. The lowest BCUT2D eigenvalue weighted by atomic mass is 9.97. The van der Waals surface area contributed by atoms with Crippen LogP contribution in [0.1, 0.15) is 71.3 Å². The van der Waals surface area contributed by atoms with E-state index in [2.05, 4.69) is 10.1 Å². The normalized spacial score (nSPS) is 18.1. The molecule has 1 unspecified atom stereocenters. The number of aromatic nitrogens is 2. The molecule has 3 rings (SSSR count). The van der Waals surface area contributed by atoms with Crippen molar-refractivity contribution >= 4 is 11.9 Å². The number of amides is 1. The summed E-state index contributed by atoms with van der Waals surface area (Å²) in [7, 11) is 0. The van der Waals surface area contributed by atoms with E-state index in [1.807, 2.05) is 13.8 Å². The smallest absolute Gasteiger partial charge is 0.371 e. The van der Waals surface area contributed by atoms with Crippen LogP contribution in [0.15, 0.2) is 21.1 Å². The van der Waals surface area contributed by atoms with Gasteiger partial charge in [0.2, 0.25) is 11.7 Å². The summed E-state index contributed by atoms with van der Waals surface area (Å²) in [5.74, 6) is -0.362. The molecule has 1 atom stereocenters. The highest BCUT2D eigenvalue weighted by molar-refractivity contribution is 5.93. The third-order valence-corrected chi connectivity index (χ3v) is 4.05. The summed E-state index contributed by atoms with van der Waals surface area (Å²) in [4.78, 5) is 29.4. The summed E-state index contributed by atoms with van der Waals surface area (Å²) in [5, 5.41) is 12.9. The van der Waals surface area contributed by atoms with Crippen molar-refractivity contribution in [2.75, 3.05) is 13.1 Å². The molecule has 1 amide bonds. The van der Waals surface area contributed by atoms with Gasteiger partial charge in [-0.15, -0.1) is 0 Å². The van der Waals surface area contributed by atoms with Crippen molar-refractivity contribution in [3.05, 3.63) is 35.4 Å². The van der Waals surface area contributed by atoms with Crippen LogP contribution < -0.4 is 0 Å². The third kappa shape index (κ3) is 3.17. The number of likely N-dealkylation sites (tertiary alicyclic amines) is 1. The van der Waals surface area contributed by atoms with E-state index in [1.165, 1.54) is 12.1 Å². The maximum absolute atomic E-state index is 12.5. The van der Waals surface area contributed by atoms with Gasteiger partial charge >= 0.3 is 5.97 Å². The molecule has 1 aliphatic heterocycles. The Hall–Kier alpha value is -2.64. The quantitative estimate of drug-likeness (QED) is 0.915. The van der Waals surface area contributed by atoms with E-state index in [9.17, 15) is 9.59 Å². The van der Waals surface area contributed by atoms with Crippen LogP contribution in [-0.2, 0) is 0 Å². The van der Waals surface area contributed by atoms with Gasteiger partial charge in [0.25, 0.3) is 5.91 Å². The van der Waals surface area contributed by atoms with Gasteiger partial charge in [-0.05, 0) is 25.0 Å². The second kappa shape index (κ2) is 6.46. The number of carboxylic acid groups (broad SMARTS) is 1. The Kier molecular flexibility index (Phi) is 4.37. The summed E-state index contributed by atoms with van der Waals surface area (Å²) >= 11 is 0. The predicted molar refractivity (Wildman–Crippen MR) is 81.9 cm³/mol. The standard InChI is InChI=1S/C16H19N3O5/c1-9(2)14-17-13(18-24-14)10-4-3-7-19(8-10)15(20)11-5-6-12(23-11)16(21)22/h5-6,9-10H,3-4,7-8H2,1-2H3,(H,21,22). The monoisotopic (exact) mass is 333 g/mol. The van der Waals surface area contributed by atoms with Crippen LogP contribution in [0.5, 0.6) is 0 Å². The summed E-state index contributed by atoms with van der Waals surface area (Å²) in [5.41, 5.74) is 0. The van der Waals surface area contributed by atoms with Crippen LogP contribution in [0.4, 0.5) is 0 Å². The van der Waals surface area contributed by atoms with Gasteiger partial charge in [-0.3, -0.25) is 4.79 Å². The molecule has 0 radical (unpaired) electrons. The van der Waals surface area contributed by atoms with E-state index in [0.717, 1.165) is 12.8 Å². The number of hydrogen-bond acceptors (Lipinski definition) is 6. The zero-order valence-corrected chi connectivity index (χ0v) is 13.6. The van der Waals surface area contributed by atoms with Crippen molar-refractivity contribution in [2.24, 2.45) is 0 Å². The summed E-state index contributed by atoms with van der Waals surface area (Å²) < 4.78 is 10.3. The minimum Gasteiger partial charge on any atom is -0.475 e. The highest BCUT2D eigenvalue weighted by Gasteiger charge is 2.30. The SMILES string of the molecule is CC(C)c1nc(C2CCCN(C(=O)c3ccc(C(=O)O)o3)C2)no1. The lowest BCUT2D eigenvalue weighted by Crippen LogP contribution is -2.39. The van der Waals surface area contributed by atoms with Crippen LogP contribution >= 0.6 is 0 Å². The number of hydrogen-bond donors (Lipinski definition) is 1. The van der Waals surface area contributed by atoms with Gasteiger partial charge in [0, 0.05) is 24.9 Å². The first-order chi connectivity index (χ1) is 11.5. The van der Waals surface area contributed by atoms with Crippen LogP contribution in [0.2, 0.25) is 0 Å². The molecule has 2 aromatic heterocycles. The second-order valence-electron chi connectivity index (χ2n) is 6.20. The largest absolute Gasteiger partial charge is 0.475 e. The van der Waals surface area contributed by atoms with Crippen LogP contribution in [0.25, 0.3) is 0 Å². The minimum absolute atomic E-state index is 0.00727. The van der Waals surface area contributed by atoms with Gasteiger partial charge < -0.3 is 18.9 Å². The van der Waals surface area contributed by atoms with E-state index in [-0.39, 0.29) is 29.3 Å². The fourth-order valence-corrected chi connectivity index (χ4v) is 2.74. The van der Waals surface area contributed by atoms with Crippen LogP contribution in [-0.4, -0.2) is 45.1 Å². The first-order valence-corrected chi connectivity index (χ1v) is 7.91. The maximum Gasteiger partial charge on any atom is 0.371 e. The molecule has 8 heteroatoms. The van der Waals surface area contributed by atoms with Crippen molar-refractivity contribution in [3.63, 3.8) is 0 Å². The first-order valence-electron chi connectivity index (χ1n) is 7.91. The number of carboxylic acids is 1. The molecule has 0 aliphatic carbocycles. The number of rotatable bonds is 4. The molecule has 0 spiro atoms. The molecule has 0 aromatic carbocycles. The average molecular weight is 333 g/mol. The Bertz CT molecular complexity index is 748. The van der Waals surface area contributed by atoms with Gasteiger partial charge in [0.15, 0.2) is 11.6 Å². The van der Waals surface area contributed by atoms with E-state index in [0.29, 0.717) is 24.8 Å². The summed E-state index contributed by atoms with van der Waals surface area (Å²) in [6.45, 7) is 5.00. The van der Waals surface area contributed by atoms with Gasteiger partial charge in [0.1, 0.15) is 0 Å². The fourth-order valence-electron chi connectivity index (χ4n) is 2.74. The average Bonchev–Trinajstić information content (AvgIpc) is 3.24. The number of piperidine rings is 1. The summed E-state index contributed by atoms with van der Waals surface area (Å²) in [6, 6.07) is 2.67. The van der Waals surface area contributed by atoms with Gasteiger partial charge in [-0.2, -0.15) is 4.98 Å². The Morgan fingerprint density at radius 3 is 2.71 bits per heavy atom. The Morgan fingerprint density at radius 2 is 2.08 bits per heavy atom. The number of carbonyl (C=O) groups is 2. The molecule has 24 heavy (non-hydrogen) atoms. The van der Waals surface area contributed by atoms with Crippen LogP contribution in [0.3, 0.4) is 0 Å². The lowest BCUT2D eigenvalue weighted by Gasteiger charge is -2.30. The minimum atomic E-state index is -1.20. The van der Waals surface area contributed by atoms with Crippen molar-refractivity contribution in [1.82, 2.24) is 15.0 Å². The lowest BCUT2D eigenvalue weighted by molar-refractivity contribution is 0.0635. The predicted octanol–water partition coefficient (Wildman–Crippen LogP) is 2.50. The number of furan rings is 1. The maximum atomic E-state index is 12.5. The fraction of sp³-hybridized carbons (Fsp3) is 0.500. The van der Waals surface area contributed by atoms with Crippen molar-refractivity contribution in [3.8, 4) is 0 Å². The van der Waals surface area contributed by atoms with E-state index in [1.54, 1.807) is 4.90 Å². The molecule has 0 bridgehead atoms. The first kappa shape index (κ1) is 16.2. The zero-order chi connectivity index (χ0) is 17.3. The highest BCUT2D eigenvalue weighted by Crippen LogP contribution is 2.27. The Balaban J connectivity index is 1.72. The Morgan fingerprint density at radius 1 is 1.33 bits per heavy atom. The number of aromatic carboxylic acids is 1. The van der Waals surface area contributed by atoms with Gasteiger partial charge in [0.05, 0.1) is 0 Å². The van der Waals surface area contributed by atoms with Gasteiger partial charge in [-0.1, -0.05) is 19.0 Å². The van der Waals surface area contributed by atoms with Crippen LogP contribution in [0, 0.1) is 0 Å². The Labute approximate surface area is 138 Å². The van der Waals surface area contributed by atoms with Crippen molar-refractivity contribution < 1.29 is 23.6 Å². The van der Waals surface area contributed by atoms with Gasteiger partial charge in [-0.25, -0.2) is 4.79 Å². The molecule has 3 heterocycles. The second-order valence-corrected chi connectivity index (χ2v) is 6.20. The molecule has 8 nitrogen and oxygen atoms in total. The van der Waals surface area contributed by atoms with Crippen molar-refractivity contribution in [2.45, 2.75) is 38.5 Å². The molecule has 1 N–H and O–H groups in total. The molecular formula is C16H19N3O5. The molecular weight excluding hydrogens is 314 g/mol. The molecule has 128 valence electrons. The van der Waals surface area contributed by atoms with E-state index < -0.39 is 5.97 Å². The molecule has 1 saturated heterocycles. The highest BCUT2D eigenvalue weighted by atomic mass is 16.5. The number of carbonyl (C=O) groups excluding carboxylic acids is 1. The third-order valence-electron chi connectivity index (χ3n) is 4.05. The molecule has 1 aliphatic rings. The molecule has 1 fully saturated rings. The zero-order valence-electron chi connectivity index (χ0n) is 13.6. The van der Waals surface area contributed by atoms with Crippen molar-refractivity contribution in [1.29, 1.82) is 0 Å². The molecule has 2 aromatic rings. The topological polar surface area (TPSA) is 110 Å². The molecule has 0 saturated carbocycles.